The number of benzene rings is 1. The molecule has 0 bridgehead atoms. The molecule has 0 unspecified atom stereocenters. The van der Waals surface area contributed by atoms with E-state index in [-0.39, 0.29) is 10.6 Å². The van der Waals surface area contributed by atoms with Crippen LogP contribution in [0.2, 0.25) is 0 Å². The number of non-ortho nitro benzene ring substituents is 1. The second-order valence-corrected chi connectivity index (χ2v) is 4.61. The van der Waals surface area contributed by atoms with Crippen LogP contribution in [0.4, 0.5) is 5.69 Å². The summed E-state index contributed by atoms with van der Waals surface area (Å²) in [7, 11) is 0. The monoisotopic (exact) mass is 248 g/mol. The van der Waals surface area contributed by atoms with Crippen molar-refractivity contribution in [2.45, 2.75) is 20.3 Å². The zero-order valence-electron chi connectivity index (χ0n) is 9.64. The topological polar surface area (TPSA) is 56.0 Å². The molecule has 88 valence electrons. The third-order valence-electron chi connectivity index (χ3n) is 2.58. The van der Waals surface area contributed by atoms with Gasteiger partial charge in [-0.15, -0.1) is 11.3 Å². The molecule has 2 aromatic rings. The smallest absolute Gasteiger partial charge is 0.258 e. The Morgan fingerprint density at radius 2 is 2.24 bits per heavy atom. The van der Waals surface area contributed by atoms with E-state index in [1.54, 1.807) is 12.1 Å². The Hall–Kier alpha value is -1.75. The summed E-state index contributed by atoms with van der Waals surface area (Å²) in [4.78, 5) is 14.8. The molecule has 1 aromatic carbocycles. The lowest BCUT2D eigenvalue weighted by Gasteiger charge is -2.01. The minimum absolute atomic E-state index is 0.110. The first-order chi connectivity index (χ1) is 8.11. The van der Waals surface area contributed by atoms with Gasteiger partial charge in [0.15, 0.2) is 0 Å². The molecule has 0 saturated carbocycles. The van der Waals surface area contributed by atoms with E-state index in [1.807, 2.05) is 19.2 Å². The minimum Gasteiger partial charge on any atom is -0.258 e. The standard InChI is InChI=1S/C12H12N2O2S/c1-3-9-7-17-12(13-9)11-6-10(14(15)16)5-4-8(11)2/h4-7H,3H2,1-2H3. The number of aromatic nitrogens is 1. The highest BCUT2D eigenvalue weighted by Crippen LogP contribution is 2.30. The van der Waals surface area contributed by atoms with Crippen molar-refractivity contribution < 1.29 is 4.92 Å². The molecule has 0 amide bonds. The summed E-state index contributed by atoms with van der Waals surface area (Å²) in [5.74, 6) is 0. The van der Waals surface area contributed by atoms with Crippen LogP contribution in [0.5, 0.6) is 0 Å². The van der Waals surface area contributed by atoms with Crippen molar-refractivity contribution >= 4 is 17.0 Å². The molecule has 4 nitrogen and oxygen atoms in total. The van der Waals surface area contributed by atoms with E-state index in [9.17, 15) is 10.1 Å². The molecule has 0 aliphatic rings. The van der Waals surface area contributed by atoms with Gasteiger partial charge in [-0.3, -0.25) is 10.1 Å². The van der Waals surface area contributed by atoms with Gasteiger partial charge in [0, 0.05) is 23.1 Å². The van der Waals surface area contributed by atoms with E-state index in [4.69, 9.17) is 0 Å². The van der Waals surface area contributed by atoms with Crippen LogP contribution in [0.3, 0.4) is 0 Å². The van der Waals surface area contributed by atoms with Gasteiger partial charge < -0.3 is 0 Å². The van der Waals surface area contributed by atoms with Crippen molar-refractivity contribution in [1.82, 2.24) is 4.98 Å². The van der Waals surface area contributed by atoms with Gasteiger partial charge >= 0.3 is 0 Å². The van der Waals surface area contributed by atoms with Gasteiger partial charge in [0.1, 0.15) is 5.01 Å². The Morgan fingerprint density at radius 3 is 2.82 bits per heavy atom. The maximum Gasteiger partial charge on any atom is 0.270 e. The van der Waals surface area contributed by atoms with E-state index in [0.29, 0.717) is 0 Å². The molecule has 1 heterocycles. The van der Waals surface area contributed by atoms with E-state index >= 15 is 0 Å². The van der Waals surface area contributed by atoms with Gasteiger partial charge in [0.2, 0.25) is 0 Å². The zero-order valence-corrected chi connectivity index (χ0v) is 10.5. The number of rotatable bonds is 3. The van der Waals surface area contributed by atoms with Gasteiger partial charge in [0.05, 0.1) is 10.6 Å². The highest BCUT2D eigenvalue weighted by Gasteiger charge is 2.12. The number of nitro benzene ring substituents is 1. The number of hydrogen-bond donors (Lipinski definition) is 0. The normalized spacial score (nSPS) is 10.5. The van der Waals surface area contributed by atoms with Crippen LogP contribution >= 0.6 is 11.3 Å². The summed E-state index contributed by atoms with van der Waals surface area (Å²) < 4.78 is 0. The van der Waals surface area contributed by atoms with E-state index in [1.165, 1.54) is 17.4 Å². The third-order valence-corrected chi connectivity index (χ3v) is 3.50. The van der Waals surface area contributed by atoms with Gasteiger partial charge in [-0.2, -0.15) is 0 Å². The maximum atomic E-state index is 10.7. The van der Waals surface area contributed by atoms with Crippen LogP contribution < -0.4 is 0 Å². The van der Waals surface area contributed by atoms with E-state index in [2.05, 4.69) is 4.98 Å². The number of aryl methyl sites for hydroxylation is 2. The molecule has 0 aliphatic carbocycles. The fraction of sp³-hybridized carbons (Fsp3) is 0.250. The minimum atomic E-state index is -0.378. The number of thiazole rings is 1. The number of nitrogens with zero attached hydrogens (tertiary/aromatic N) is 2. The molecule has 0 atom stereocenters. The van der Waals surface area contributed by atoms with Gasteiger partial charge in [-0.1, -0.05) is 13.0 Å². The molecule has 0 saturated heterocycles. The Morgan fingerprint density at radius 1 is 1.47 bits per heavy atom. The summed E-state index contributed by atoms with van der Waals surface area (Å²) in [5.41, 5.74) is 2.99. The second-order valence-electron chi connectivity index (χ2n) is 3.75. The molecule has 0 radical (unpaired) electrons. The van der Waals surface area contributed by atoms with E-state index < -0.39 is 0 Å². The van der Waals surface area contributed by atoms with Crippen LogP contribution in [0.1, 0.15) is 18.2 Å². The molecule has 1 aromatic heterocycles. The summed E-state index contributed by atoms with van der Waals surface area (Å²) >= 11 is 1.53. The predicted octanol–water partition coefficient (Wildman–Crippen LogP) is 3.59. The fourth-order valence-corrected chi connectivity index (χ4v) is 2.53. The van der Waals surface area contributed by atoms with Gasteiger partial charge in [-0.05, 0) is 18.9 Å². The average Bonchev–Trinajstić information content (AvgIpc) is 2.77. The first-order valence-corrected chi connectivity index (χ1v) is 6.19. The van der Waals surface area contributed by atoms with Crippen molar-refractivity contribution in [3.8, 4) is 10.6 Å². The van der Waals surface area contributed by atoms with Crippen molar-refractivity contribution in [2.24, 2.45) is 0 Å². The van der Waals surface area contributed by atoms with Crippen LogP contribution in [0.25, 0.3) is 10.6 Å². The summed E-state index contributed by atoms with van der Waals surface area (Å²) in [6.45, 7) is 3.98. The fourth-order valence-electron chi connectivity index (χ4n) is 1.55. The van der Waals surface area contributed by atoms with Crippen molar-refractivity contribution in [3.63, 3.8) is 0 Å². The van der Waals surface area contributed by atoms with Crippen LogP contribution in [-0.4, -0.2) is 9.91 Å². The number of hydrogen-bond acceptors (Lipinski definition) is 4. The lowest BCUT2D eigenvalue weighted by atomic mass is 10.1. The first-order valence-electron chi connectivity index (χ1n) is 5.31. The molecule has 0 spiro atoms. The van der Waals surface area contributed by atoms with Crippen LogP contribution in [-0.2, 0) is 6.42 Å². The summed E-state index contributed by atoms with van der Waals surface area (Å²) in [6.07, 6.45) is 0.879. The summed E-state index contributed by atoms with van der Waals surface area (Å²) in [6, 6.07) is 4.88. The molecule has 0 aliphatic heterocycles. The van der Waals surface area contributed by atoms with Crippen molar-refractivity contribution in [3.05, 3.63) is 45.0 Å². The highest BCUT2D eigenvalue weighted by atomic mass is 32.1. The van der Waals surface area contributed by atoms with Crippen LogP contribution in [0.15, 0.2) is 23.6 Å². The SMILES string of the molecule is CCc1csc(-c2cc([N+](=O)[O-])ccc2C)n1. The lowest BCUT2D eigenvalue weighted by molar-refractivity contribution is -0.384. The summed E-state index contributed by atoms with van der Waals surface area (Å²) in [5, 5.41) is 13.6. The number of nitro groups is 1. The highest BCUT2D eigenvalue weighted by molar-refractivity contribution is 7.13. The molecular formula is C12H12N2O2S. The molecule has 0 N–H and O–H groups in total. The Balaban J connectivity index is 2.49. The molecule has 5 heteroatoms. The van der Waals surface area contributed by atoms with Crippen molar-refractivity contribution in [1.29, 1.82) is 0 Å². The quantitative estimate of drug-likeness (QED) is 0.616. The second kappa shape index (κ2) is 4.63. The largest absolute Gasteiger partial charge is 0.270 e. The Bertz CT molecular complexity index is 563. The van der Waals surface area contributed by atoms with Gasteiger partial charge in [0.25, 0.3) is 5.69 Å². The average molecular weight is 248 g/mol. The van der Waals surface area contributed by atoms with Crippen molar-refractivity contribution in [2.75, 3.05) is 0 Å². The van der Waals surface area contributed by atoms with Gasteiger partial charge in [-0.25, -0.2) is 4.98 Å². The Labute approximate surface area is 103 Å². The molecule has 0 fully saturated rings. The third kappa shape index (κ3) is 2.34. The molecule has 17 heavy (non-hydrogen) atoms. The lowest BCUT2D eigenvalue weighted by Crippen LogP contribution is -1.90. The first kappa shape index (κ1) is 11.7. The zero-order chi connectivity index (χ0) is 12.4. The van der Waals surface area contributed by atoms with E-state index in [0.717, 1.165) is 28.2 Å². The maximum absolute atomic E-state index is 10.7. The molecule has 2 rings (SSSR count). The molecular weight excluding hydrogens is 236 g/mol. The predicted molar refractivity (Wildman–Crippen MR) is 68.3 cm³/mol. The van der Waals surface area contributed by atoms with Crippen LogP contribution in [0, 0.1) is 17.0 Å². The Kier molecular flexibility index (Phi) is 3.19.